The number of halogens is 1. The van der Waals surface area contributed by atoms with Crippen LogP contribution in [-0.2, 0) is 21.4 Å². The van der Waals surface area contributed by atoms with Crippen molar-refractivity contribution in [1.82, 2.24) is 9.79 Å². The Hall–Kier alpha value is -1.38. The van der Waals surface area contributed by atoms with E-state index >= 15 is 0 Å². The summed E-state index contributed by atoms with van der Waals surface area (Å²) in [5.41, 5.74) is 0.725. The molecule has 6 nitrogen and oxygen atoms in total. The van der Waals surface area contributed by atoms with Gasteiger partial charge in [-0.1, -0.05) is 29.8 Å². The molecule has 1 aliphatic heterocycles. The van der Waals surface area contributed by atoms with Gasteiger partial charge >= 0.3 is 0 Å². The summed E-state index contributed by atoms with van der Waals surface area (Å²) >= 11 is 6.23. The van der Waals surface area contributed by atoms with E-state index in [9.17, 15) is 8.42 Å². The van der Waals surface area contributed by atoms with Gasteiger partial charge in [-0.2, -0.15) is 5.06 Å². The molecule has 8 heteroatoms. The molecule has 0 spiro atoms. The highest BCUT2D eigenvalue weighted by atomic mass is 35.5. The van der Waals surface area contributed by atoms with Crippen molar-refractivity contribution in [2.45, 2.75) is 17.8 Å². The highest BCUT2D eigenvalue weighted by molar-refractivity contribution is 7.90. The molecule has 0 aliphatic carbocycles. The number of hydrogen-bond acceptors (Lipinski definition) is 5. The van der Waals surface area contributed by atoms with Crippen LogP contribution in [0.1, 0.15) is 17.4 Å². The highest BCUT2D eigenvalue weighted by Crippen LogP contribution is 2.36. The highest BCUT2D eigenvalue weighted by Gasteiger charge is 2.43. The van der Waals surface area contributed by atoms with Crippen molar-refractivity contribution >= 4 is 21.6 Å². The summed E-state index contributed by atoms with van der Waals surface area (Å²) < 4.78 is 33.1. The van der Waals surface area contributed by atoms with E-state index in [0.29, 0.717) is 10.8 Å². The molecular weight excluding hydrogens is 340 g/mol. The Morgan fingerprint density at radius 1 is 1.30 bits per heavy atom. The van der Waals surface area contributed by atoms with Crippen molar-refractivity contribution in [3.8, 4) is 0 Å². The molecule has 1 saturated heterocycles. The molecule has 2 atom stereocenters. The van der Waals surface area contributed by atoms with E-state index in [0.717, 1.165) is 5.56 Å². The first-order chi connectivity index (χ1) is 11.0. The van der Waals surface area contributed by atoms with E-state index in [1.807, 2.05) is 12.1 Å². The first-order valence-corrected chi connectivity index (χ1v) is 9.02. The maximum absolute atomic E-state index is 12.7. The number of hydroxylamine groups is 2. The number of sulfonamides is 1. The van der Waals surface area contributed by atoms with Gasteiger partial charge < -0.3 is 4.42 Å². The second-order valence-corrected chi connectivity index (χ2v) is 7.68. The van der Waals surface area contributed by atoms with E-state index in [-0.39, 0.29) is 13.2 Å². The van der Waals surface area contributed by atoms with Crippen molar-refractivity contribution in [2.75, 3.05) is 13.7 Å². The zero-order chi connectivity index (χ0) is 16.4. The third-order valence-corrected chi connectivity index (χ3v) is 5.92. The molecule has 0 amide bonds. The summed E-state index contributed by atoms with van der Waals surface area (Å²) in [4.78, 5) is 5.44. The fourth-order valence-electron chi connectivity index (χ4n) is 2.66. The number of nitrogens with one attached hydrogen (secondary N) is 1. The van der Waals surface area contributed by atoms with Crippen molar-refractivity contribution in [1.29, 1.82) is 0 Å². The summed E-state index contributed by atoms with van der Waals surface area (Å²) in [6.07, 6.45) is 1.50. The molecule has 0 saturated carbocycles. The van der Waals surface area contributed by atoms with Crippen LogP contribution < -0.4 is 4.72 Å². The zero-order valence-electron chi connectivity index (χ0n) is 12.5. The molecule has 2 heterocycles. The summed E-state index contributed by atoms with van der Waals surface area (Å²) in [7, 11) is -1.91. The van der Waals surface area contributed by atoms with E-state index in [1.165, 1.54) is 11.3 Å². The Balaban J connectivity index is 1.83. The lowest BCUT2D eigenvalue weighted by atomic mass is 10.0. The summed E-state index contributed by atoms with van der Waals surface area (Å²) in [6.45, 7) is 0.171. The minimum Gasteiger partial charge on any atom is -0.468 e. The van der Waals surface area contributed by atoms with Crippen LogP contribution in [0.5, 0.6) is 0 Å². The zero-order valence-corrected chi connectivity index (χ0v) is 14.0. The van der Waals surface area contributed by atoms with Gasteiger partial charge in [0.15, 0.2) is 0 Å². The van der Waals surface area contributed by atoms with Crippen molar-refractivity contribution < 1.29 is 17.7 Å². The minimum atomic E-state index is -3.62. The first kappa shape index (κ1) is 16.5. The number of hydrogen-bond donors (Lipinski definition) is 1. The predicted octanol–water partition coefficient (Wildman–Crippen LogP) is 2.34. The maximum Gasteiger partial charge on any atom is 0.219 e. The number of nitrogens with zero attached hydrogens (tertiary/aromatic N) is 1. The van der Waals surface area contributed by atoms with Gasteiger partial charge in [-0.3, -0.25) is 4.84 Å². The monoisotopic (exact) mass is 356 g/mol. The molecule has 1 fully saturated rings. The summed E-state index contributed by atoms with van der Waals surface area (Å²) in [5, 5.41) is 1.29. The van der Waals surface area contributed by atoms with Gasteiger partial charge in [0.2, 0.25) is 10.0 Å². The van der Waals surface area contributed by atoms with Crippen LogP contribution in [0.25, 0.3) is 0 Å². The maximum atomic E-state index is 12.7. The average molecular weight is 357 g/mol. The molecule has 0 bridgehead atoms. The second kappa shape index (κ2) is 6.62. The molecule has 1 aliphatic rings. The van der Waals surface area contributed by atoms with Crippen LogP contribution in [0.3, 0.4) is 0 Å². The van der Waals surface area contributed by atoms with Gasteiger partial charge in [0, 0.05) is 12.1 Å². The Morgan fingerprint density at radius 2 is 2.09 bits per heavy atom. The minimum absolute atomic E-state index is 0.0693. The lowest BCUT2D eigenvalue weighted by Gasteiger charge is -2.23. The quantitative estimate of drug-likeness (QED) is 0.890. The van der Waals surface area contributed by atoms with E-state index in [4.69, 9.17) is 20.9 Å². The molecular formula is C15H17ClN2O4S. The van der Waals surface area contributed by atoms with Crippen molar-refractivity contribution in [3.05, 3.63) is 59.0 Å². The fraction of sp³-hybridized carbons (Fsp3) is 0.333. The lowest BCUT2D eigenvalue weighted by molar-refractivity contribution is -0.110. The van der Waals surface area contributed by atoms with Gasteiger partial charge in [0.1, 0.15) is 11.0 Å². The van der Waals surface area contributed by atoms with E-state index in [2.05, 4.69) is 4.72 Å². The number of furan rings is 1. The Bertz CT molecular complexity index is 764. The van der Waals surface area contributed by atoms with Crippen LogP contribution in [0.2, 0.25) is 5.02 Å². The SMILES string of the molecule is CN1OCC(S(=O)(=O)NCc2ccco2)C1c1ccccc1Cl. The van der Waals surface area contributed by atoms with Gasteiger partial charge in [0.05, 0.1) is 25.5 Å². The molecule has 3 rings (SSSR count). The van der Waals surface area contributed by atoms with Gasteiger partial charge in [-0.25, -0.2) is 13.1 Å². The Morgan fingerprint density at radius 3 is 2.78 bits per heavy atom. The van der Waals surface area contributed by atoms with Crippen LogP contribution >= 0.6 is 11.6 Å². The summed E-state index contributed by atoms with van der Waals surface area (Å²) in [5.74, 6) is 0.551. The van der Waals surface area contributed by atoms with Gasteiger partial charge in [-0.05, 0) is 23.8 Å². The number of rotatable bonds is 5. The van der Waals surface area contributed by atoms with Crippen LogP contribution in [-0.4, -0.2) is 32.4 Å². The molecule has 1 aromatic heterocycles. The normalized spacial score (nSPS) is 22.5. The molecule has 124 valence electrons. The van der Waals surface area contributed by atoms with E-state index < -0.39 is 21.3 Å². The topological polar surface area (TPSA) is 71.8 Å². The van der Waals surface area contributed by atoms with Crippen LogP contribution in [0, 0.1) is 0 Å². The predicted molar refractivity (Wildman–Crippen MR) is 86.2 cm³/mol. The summed E-state index contributed by atoms with van der Waals surface area (Å²) in [6, 6.07) is 10.1. The molecule has 2 unspecified atom stereocenters. The van der Waals surface area contributed by atoms with Crippen molar-refractivity contribution in [3.63, 3.8) is 0 Å². The smallest absolute Gasteiger partial charge is 0.219 e. The average Bonchev–Trinajstić information content (AvgIpc) is 3.16. The molecule has 2 aromatic rings. The molecule has 23 heavy (non-hydrogen) atoms. The van der Waals surface area contributed by atoms with Crippen molar-refractivity contribution in [2.24, 2.45) is 0 Å². The molecule has 1 N–H and O–H groups in total. The van der Waals surface area contributed by atoms with Crippen LogP contribution in [0.4, 0.5) is 0 Å². The van der Waals surface area contributed by atoms with E-state index in [1.54, 1.807) is 31.3 Å². The molecule has 1 aromatic carbocycles. The third kappa shape index (κ3) is 3.44. The van der Waals surface area contributed by atoms with Crippen LogP contribution in [0.15, 0.2) is 47.1 Å². The van der Waals surface area contributed by atoms with Gasteiger partial charge in [0.25, 0.3) is 0 Å². The lowest BCUT2D eigenvalue weighted by Crippen LogP contribution is -2.39. The Kier molecular flexibility index (Phi) is 4.74. The third-order valence-electron chi connectivity index (χ3n) is 3.84. The first-order valence-electron chi connectivity index (χ1n) is 7.10. The standard InChI is InChI=1S/C15H17ClN2O4S/c1-18-15(12-6-2-3-7-13(12)16)14(10-22-18)23(19,20)17-9-11-5-4-8-21-11/h2-8,14-15,17H,9-10H2,1H3. The largest absolute Gasteiger partial charge is 0.468 e. The molecule has 0 radical (unpaired) electrons. The second-order valence-electron chi connectivity index (χ2n) is 5.29. The van der Waals surface area contributed by atoms with Gasteiger partial charge in [-0.15, -0.1) is 0 Å². The Labute approximate surface area is 140 Å². The number of benzene rings is 1. The fourth-order valence-corrected chi connectivity index (χ4v) is 4.36.